The first-order chi connectivity index (χ1) is 4.54. The first-order valence-corrected chi connectivity index (χ1v) is 3.61. The number of nitrogens with two attached hydrogens (primary N) is 1. The van der Waals surface area contributed by atoms with Crippen LogP contribution >= 0.6 is 0 Å². The van der Waals surface area contributed by atoms with E-state index in [1.807, 2.05) is 13.8 Å². The highest BCUT2D eigenvalue weighted by Gasteiger charge is 1.92. The van der Waals surface area contributed by atoms with Crippen molar-refractivity contribution < 1.29 is 0 Å². The van der Waals surface area contributed by atoms with Gasteiger partial charge in [0.25, 0.3) is 0 Å². The fourth-order valence-corrected chi connectivity index (χ4v) is 0.450. The zero-order chi connectivity index (χ0) is 8.15. The van der Waals surface area contributed by atoms with Crippen LogP contribution in [0, 0.1) is 0 Å². The minimum Gasteiger partial charge on any atom is -0.324 e. The molecule has 1 nitrogen and oxygen atoms in total. The van der Waals surface area contributed by atoms with Crippen LogP contribution in [0.15, 0.2) is 23.3 Å². The van der Waals surface area contributed by atoms with Gasteiger partial charge in [0.05, 0.1) is 0 Å². The molecule has 0 aromatic rings. The molecule has 0 saturated carbocycles. The monoisotopic (exact) mass is 139 g/mol. The summed E-state index contributed by atoms with van der Waals surface area (Å²) in [7, 11) is 0. The first kappa shape index (κ1) is 9.44. The van der Waals surface area contributed by atoms with Crippen LogP contribution in [0.4, 0.5) is 0 Å². The van der Waals surface area contributed by atoms with Crippen LogP contribution in [0.1, 0.15) is 27.7 Å². The van der Waals surface area contributed by atoms with Crippen molar-refractivity contribution >= 4 is 0 Å². The van der Waals surface area contributed by atoms with Crippen LogP contribution in [-0.2, 0) is 0 Å². The van der Waals surface area contributed by atoms with Crippen molar-refractivity contribution in [3.05, 3.63) is 23.3 Å². The standard InChI is InChI=1S/C9H17N/c1-7(2)5-6-8(3)9(4)10/h5-6,9H,10H2,1-4H3/b8-6+/t9-/m1/s1. The zero-order valence-electron chi connectivity index (χ0n) is 7.31. The van der Waals surface area contributed by atoms with Crippen molar-refractivity contribution in [3.8, 4) is 0 Å². The Balaban J connectivity index is 4.05. The largest absolute Gasteiger partial charge is 0.324 e. The van der Waals surface area contributed by atoms with Crippen molar-refractivity contribution in [2.45, 2.75) is 33.7 Å². The van der Waals surface area contributed by atoms with E-state index >= 15 is 0 Å². The van der Waals surface area contributed by atoms with Gasteiger partial charge < -0.3 is 5.73 Å². The third kappa shape index (κ3) is 4.33. The Morgan fingerprint density at radius 2 is 1.70 bits per heavy atom. The third-order valence-electron chi connectivity index (χ3n) is 1.40. The molecule has 0 radical (unpaired) electrons. The Morgan fingerprint density at radius 3 is 2.00 bits per heavy atom. The van der Waals surface area contributed by atoms with Crippen molar-refractivity contribution in [3.63, 3.8) is 0 Å². The van der Waals surface area contributed by atoms with E-state index in [9.17, 15) is 0 Å². The van der Waals surface area contributed by atoms with E-state index in [4.69, 9.17) is 5.73 Å². The number of rotatable bonds is 2. The molecule has 1 atom stereocenters. The second-order valence-electron chi connectivity index (χ2n) is 2.94. The molecule has 0 aliphatic heterocycles. The molecule has 0 aromatic carbocycles. The SMILES string of the molecule is CC(C)=C/C=C(\C)[C@@H](C)N. The molecule has 0 aliphatic carbocycles. The fraction of sp³-hybridized carbons (Fsp3) is 0.556. The lowest BCUT2D eigenvalue weighted by molar-refractivity contribution is 0.861. The molecule has 1 heteroatoms. The first-order valence-electron chi connectivity index (χ1n) is 3.61. The molecule has 2 N–H and O–H groups in total. The molecular weight excluding hydrogens is 122 g/mol. The maximum Gasteiger partial charge on any atom is 0.0225 e. The summed E-state index contributed by atoms with van der Waals surface area (Å²) in [5.74, 6) is 0. The van der Waals surface area contributed by atoms with Gasteiger partial charge in [-0.2, -0.15) is 0 Å². The number of allylic oxidation sites excluding steroid dienone is 3. The van der Waals surface area contributed by atoms with Crippen molar-refractivity contribution in [2.75, 3.05) is 0 Å². The summed E-state index contributed by atoms with van der Waals surface area (Å²) in [5.41, 5.74) is 8.15. The van der Waals surface area contributed by atoms with E-state index in [-0.39, 0.29) is 6.04 Å². The second kappa shape index (κ2) is 4.29. The van der Waals surface area contributed by atoms with Gasteiger partial charge in [0, 0.05) is 6.04 Å². The summed E-state index contributed by atoms with van der Waals surface area (Å²) >= 11 is 0. The van der Waals surface area contributed by atoms with E-state index < -0.39 is 0 Å². The smallest absolute Gasteiger partial charge is 0.0225 e. The van der Waals surface area contributed by atoms with Gasteiger partial charge in [-0.1, -0.05) is 23.3 Å². The summed E-state index contributed by atoms with van der Waals surface area (Å²) in [5, 5.41) is 0. The molecular formula is C9H17N. The fourth-order valence-electron chi connectivity index (χ4n) is 0.450. The topological polar surface area (TPSA) is 26.0 Å². The summed E-state index contributed by atoms with van der Waals surface area (Å²) in [6, 6.07) is 0.176. The van der Waals surface area contributed by atoms with E-state index in [0.717, 1.165) is 0 Å². The second-order valence-corrected chi connectivity index (χ2v) is 2.94. The van der Waals surface area contributed by atoms with Gasteiger partial charge in [-0.25, -0.2) is 0 Å². The van der Waals surface area contributed by atoms with E-state index in [1.165, 1.54) is 11.1 Å². The lowest BCUT2D eigenvalue weighted by atomic mass is 10.1. The molecule has 0 saturated heterocycles. The van der Waals surface area contributed by atoms with Crippen LogP contribution in [0.5, 0.6) is 0 Å². The molecule has 0 spiro atoms. The maximum atomic E-state index is 5.62. The average Bonchev–Trinajstić information content (AvgIpc) is 1.82. The van der Waals surface area contributed by atoms with Crippen molar-refractivity contribution in [1.29, 1.82) is 0 Å². The van der Waals surface area contributed by atoms with Crippen molar-refractivity contribution in [1.82, 2.24) is 0 Å². The third-order valence-corrected chi connectivity index (χ3v) is 1.40. The highest BCUT2D eigenvalue weighted by molar-refractivity contribution is 5.17. The van der Waals surface area contributed by atoms with Crippen LogP contribution in [0.3, 0.4) is 0 Å². The Hall–Kier alpha value is -0.560. The minimum atomic E-state index is 0.176. The van der Waals surface area contributed by atoms with Gasteiger partial charge in [0.2, 0.25) is 0 Å². The molecule has 0 amide bonds. The molecule has 0 aromatic heterocycles. The zero-order valence-corrected chi connectivity index (χ0v) is 7.31. The summed E-state index contributed by atoms with van der Waals surface area (Å²) in [4.78, 5) is 0. The van der Waals surface area contributed by atoms with E-state index in [2.05, 4.69) is 26.0 Å². The Kier molecular flexibility index (Phi) is 4.05. The Labute approximate surface area is 63.6 Å². The van der Waals surface area contributed by atoms with Gasteiger partial charge >= 0.3 is 0 Å². The molecule has 10 heavy (non-hydrogen) atoms. The average molecular weight is 139 g/mol. The van der Waals surface area contributed by atoms with Crippen LogP contribution in [0.2, 0.25) is 0 Å². The summed E-state index contributed by atoms with van der Waals surface area (Å²) in [6.07, 6.45) is 4.15. The Bertz CT molecular complexity index is 148. The molecule has 0 bridgehead atoms. The lowest BCUT2D eigenvalue weighted by Crippen LogP contribution is -2.15. The predicted octanol–water partition coefficient (Wildman–Crippen LogP) is 2.25. The lowest BCUT2D eigenvalue weighted by Gasteiger charge is -2.02. The molecule has 0 heterocycles. The molecule has 0 unspecified atom stereocenters. The van der Waals surface area contributed by atoms with Crippen LogP contribution in [-0.4, -0.2) is 6.04 Å². The normalized spacial score (nSPS) is 14.7. The van der Waals surface area contributed by atoms with E-state index in [1.54, 1.807) is 0 Å². The van der Waals surface area contributed by atoms with E-state index in [0.29, 0.717) is 0 Å². The minimum absolute atomic E-state index is 0.176. The van der Waals surface area contributed by atoms with Crippen molar-refractivity contribution in [2.24, 2.45) is 5.73 Å². The molecule has 58 valence electrons. The van der Waals surface area contributed by atoms with Gasteiger partial charge in [-0.15, -0.1) is 0 Å². The molecule has 0 fully saturated rings. The van der Waals surface area contributed by atoms with Crippen LogP contribution < -0.4 is 5.73 Å². The van der Waals surface area contributed by atoms with Gasteiger partial charge in [0.15, 0.2) is 0 Å². The van der Waals surface area contributed by atoms with Gasteiger partial charge in [-0.3, -0.25) is 0 Å². The highest BCUT2D eigenvalue weighted by Crippen LogP contribution is 1.99. The van der Waals surface area contributed by atoms with Gasteiger partial charge in [0.1, 0.15) is 0 Å². The summed E-state index contributed by atoms with van der Waals surface area (Å²) < 4.78 is 0. The molecule has 0 aliphatic rings. The number of hydrogen-bond acceptors (Lipinski definition) is 1. The summed E-state index contributed by atoms with van der Waals surface area (Å²) in [6.45, 7) is 8.19. The maximum absolute atomic E-state index is 5.62. The van der Waals surface area contributed by atoms with Crippen LogP contribution in [0.25, 0.3) is 0 Å². The predicted molar refractivity (Wildman–Crippen MR) is 46.8 cm³/mol. The van der Waals surface area contributed by atoms with Gasteiger partial charge in [-0.05, 0) is 27.7 Å². The Morgan fingerprint density at radius 1 is 1.20 bits per heavy atom. The number of hydrogen-bond donors (Lipinski definition) is 1. The molecule has 0 rings (SSSR count). The highest BCUT2D eigenvalue weighted by atomic mass is 14.6. The quantitative estimate of drug-likeness (QED) is 0.583.